The average Bonchev–Trinajstić information content (AvgIpc) is 3.14. The third kappa shape index (κ3) is 41.4. The van der Waals surface area contributed by atoms with Gasteiger partial charge in [0, 0.05) is 6.42 Å². The summed E-state index contributed by atoms with van der Waals surface area (Å²) >= 11 is 0. The summed E-state index contributed by atoms with van der Waals surface area (Å²) in [6.45, 7) is 4.51. The highest BCUT2D eigenvalue weighted by molar-refractivity contribution is 7.45. The fourth-order valence-corrected chi connectivity index (χ4v) is 6.13. The van der Waals surface area contributed by atoms with Crippen LogP contribution in [0.4, 0.5) is 0 Å². The van der Waals surface area contributed by atoms with Gasteiger partial charge in [-0.3, -0.25) is 9.36 Å². The van der Waals surface area contributed by atoms with Gasteiger partial charge in [0.25, 0.3) is 7.82 Å². The van der Waals surface area contributed by atoms with Crippen molar-refractivity contribution in [3.8, 4) is 0 Å². The molecule has 0 radical (unpaired) electrons. The number of likely N-dealkylation sites (N-methyl/N-ethyl adjacent to an activating group) is 1. The Morgan fingerprint density at radius 1 is 0.679 bits per heavy atom. The molecule has 10 heteroatoms. The zero-order valence-corrected chi connectivity index (χ0v) is 37.1. The van der Waals surface area contributed by atoms with Crippen LogP contribution in [0.15, 0.2) is 73.1 Å². The predicted octanol–water partition coefficient (Wildman–Crippen LogP) is 11.4. The first-order chi connectivity index (χ1) is 27.0. The number of rotatable bonds is 39. The molecule has 0 saturated heterocycles. The number of esters is 1. The third-order valence-electron chi connectivity index (χ3n) is 8.87. The quantitative estimate of drug-likeness (QED) is 0.0124. The van der Waals surface area contributed by atoms with E-state index < -0.39 is 26.0 Å². The summed E-state index contributed by atoms with van der Waals surface area (Å²) in [6, 6.07) is 0. The standard InChI is InChI=1S/C46H82NO8P/c1-6-8-10-12-14-15-16-17-18-19-20-21-24-27-31-35-40-52-42-45(43-54-56(50,51)53-41-39-47(3,4)5)55-46(49)38-34-30-26-23-22-25-29-33-37-44(48)36-32-28-13-11-9-7-2/h15-16,23,25-26,28-29,32-33,35,37,40,44-45,48H,6-14,17-22,24,27,30-31,34,36,38-39,41-43H2,1-5H3/b16-15-,26-23-,29-25-,32-28-,37-33+,40-35+/t44-,45+/m0/s1. The number of carbonyl (C=O) groups excluding carboxylic acids is 1. The third-order valence-corrected chi connectivity index (χ3v) is 9.84. The van der Waals surface area contributed by atoms with Gasteiger partial charge in [0.2, 0.25) is 0 Å². The number of hydrogen-bond acceptors (Lipinski definition) is 8. The molecule has 0 aromatic rings. The Balaban J connectivity index is 4.49. The summed E-state index contributed by atoms with van der Waals surface area (Å²) in [5.74, 6) is -0.441. The van der Waals surface area contributed by atoms with E-state index in [2.05, 4.69) is 32.1 Å². The molecule has 0 heterocycles. The van der Waals surface area contributed by atoms with E-state index in [0.29, 0.717) is 30.3 Å². The van der Waals surface area contributed by atoms with E-state index in [9.17, 15) is 19.4 Å². The van der Waals surface area contributed by atoms with Crippen molar-refractivity contribution in [3.63, 3.8) is 0 Å². The van der Waals surface area contributed by atoms with Gasteiger partial charge in [-0.25, -0.2) is 0 Å². The van der Waals surface area contributed by atoms with Crippen molar-refractivity contribution in [1.82, 2.24) is 0 Å². The lowest BCUT2D eigenvalue weighted by Gasteiger charge is -2.28. The predicted molar refractivity (Wildman–Crippen MR) is 232 cm³/mol. The van der Waals surface area contributed by atoms with E-state index >= 15 is 0 Å². The average molecular weight is 808 g/mol. The summed E-state index contributed by atoms with van der Waals surface area (Å²) in [6.07, 6.45) is 46.1. The summed E-state index contributed by atoms with van der Waals surface area (Å²) in [5.41, 5.74) is 0. The van der Waals surface area contributed by atoms with Crippen LogP contribution in [0.3, 0.4) is 0 Å². The number of nitrogens with zero attached hydrogens (tertiary/aromatic N) is 1. The molecule has 0 rings (SSSR count). The molecule has 1 N–H and O–H groups in total. The second kappa shape index (κ2) is 38.3. The van der Waals surface area contributed by atoms with E-state index in [-0.39, 0.29) is 26.2 Å². The lowest BCUT2D eigenvalue weighted by Crippen LogP contribution is -2.37. The molecule has 0 aromatic heterocycles. The van der Waals surface area contributed by atoms with Crippen LogP contribution in [0.2, 0.25) is 0 Å². The Morgan fingerprint density at radius 3 is 1.89 bits per heavy atom. The number of quaternary nitrogens is 1. The fraction of sp³-hybridized carbons (Fsp3) is 0.717. The van der Waals surface area contributed by atoms with Gasteiger partial charge in [0.1, 0.15) is 19.8 Å². The Labute approximate surface area is 343 Å². The normalized spacial score (nSPS) is 15.0. The Morgan fingerprint density at radius 2 is 1.23 bits per heavy atom. The molecular weight excluding hydrogens is 725 g/mol. The van der Waals surface area contributed by atoms with E-state index in [4.69, 9.17) is 18.5 Å². The SMILES string of the molecule is CCCCC/C=C\C[C@H](O)/C=C/C=C\C/C=C\CCCC(=O)O[C@H](CO/C=C/CCCCCCCC/C=C\CCCCCC)COP(=O)([O-])OCC[N+](C)(C)C. The second-order valence-electron chi connectivity index (χ2n) is 15.6. The fourth-order valence-electron chi connectivity index (χ4n) is 5.40. The molecule has 0 spiro atoms. The number of unbranched alkanes of at least 4 members (excludes halogenated alkanes) is 15. The molecule has 56 heavy (non-hydrogen) atoms. The molecule has 0 aliphatic carbocycles. The Kier molecular flexibility index (Phi) is 36.7. The maximum Gasteiger partial charge on any atom is 0.306 e. The smallest absolute Gasteiger partial charge is 0.306 e. The lowest BCUT2D eigenvalue weighted by molar-refractivity contribution is -0.870. The number of phosphoric acid groups is 1. The first-order valence-corrected chi connectivity index (χ1v) is 23.3. The van der Waals surface area contributed by atoms with Crippen LogP contribution >= 0.6 is 7.82 Å². The monoisotopic (exact) mass is 808 g/mol. The molecule has 0 bridgehead atoms. The van der Waals surface area contributed by atoms with Crippen LogP contribution in [0, 0.1) is 0 Å². The molecule has 0 aliphatic heterocycles. The molecular formula is C46H82NO8P. The van der Waals surface area contributed by atoms with Crippen LogP contribution in [0.5, 0.6) is 0 Å². The van der Waals surface area contributed by atoms with E-state index in [1.165, 1.54) is 89.9 Å². The highest BCUT2D eigenvalue weighted by Gasteiger charge is 2.20. The van der Waals surface area contributed by atoms with Crippen molar-refractivity contribution < 1.29 is 42.4 Å². The Bertz CT molecular complexity index is 1140. The summed E-state index contributed by atoms with van der Waals surface area (Å²) in [7, 11) is 1.24. The molecule has 324 valence electrons. The van der Waals surface area contributed by atoms with Crippen molar-refractivity contribution in [3.05, 3.63) is 73.1 Å². The van der Waals surface area contributed by atoms with E-state index in [1.807, 2.05) is 63.7 Å². The largest absolute Gasteiger partial charge is 0.756 e. The highest BCUT2D eigenvalue weighted by Crippen LogP contribution is 2.38. The number of carbonyl (C=O) groups is 1. The molecule has 0 amide bonds. The summed E-state index contributed by atoms with van der Waals surface area (Å²) < 4.78 is 34.2. The van der Waals surface area contributed by atoms with Gasteiger partial charge in [-0.05, 0) is 83.1 Å². The van der Waals surface area contributed by atoms with Gasteiger partial charge < -0.3 is 33.0 Å². The number of phosphoric ester groups is 1. The van der Waals surface area contributed by atoms with Gasteiger partial charge in [-0.1, -0.05) is 132 Å². The maximum absolute atomic E-state index is 12.6. The first-order valence-electron chi connectivity index (χ1n) is 21.8. The van der Waals surface area contributed by atoms with Crippen LogP contribution in [0.25, 0.3) is 0 Å². The van der Waals surface area contributed by atoms with Crippen LogP contribution in [0.1, 0.15) is 155 Å². The Hall–Kier alpha value is -2.26. The highest BCUT2D eigenvalue weighted by atomic mass is 31.2. The van der Waals surface area contributed by atoms with E-state index in [1.54, 1.807) is 12.3 Å². The van der Waals surface area contributed by atoms with Crippen LogP contribution in [-0.2, 0) is 27.9 Å². The molecule has 0 fully saturated rings. The van der Waals surface area contributed by atoms with Crippen molar-refractivity contribution >= 4 is 13.8 Å². The van der Waals surface area contributed by atoms with Crippen molar-refractivity contribution in [1.29, 1.82) is 0 Å². The number of hydrogen-bond donors (Lipinski definition) is 1. The van der Waals surface area contributed by atoms with Crippen molar-refractivity contribution in [2.45, 2.75) is 167 Å². The molecule has 3 atom stereocenters. The van der Waals surface area contributed by atoms with Crippen LogP contribution < -0.4 is 4.89 Å². The number of aliphatic hydroxyl groups is 1. The second-order valence-corrected chi connectivity index (χ2v) is 17.0. The molecule has 0 aliphatic rings. The first kappa shape index (κ1) is 53.7. The molecule has 0 saturated carbocycles. The lowest BCUT2D eigenvalue weighted by atomic mass is 10.1. The topological polar surface area (TPSA) is 114 Å². The van der Waals surface area contributed by atoms with Gasteiger partial charge >= 0.3 is 5.97 Å². The molecule has 1 unspecified atom stereocenters. The molecule has 9 nitrogen and oxygen atoms in total. The zero-order chi connectivity index (χ0) is 41.4. The van der Waals surface area contributed by atoms with Gasteiger partial charge in [-0.2, -0.15) is 0 Å². The summed E-state index contributed by atoms with van der Waals surface area (Å²) in [5, 5.41) is 10.0. The number of aliphatic hydroxyl groups excluding tert-OH is 1. The van der Waals surface area contributed by atoms with Crippen molar-refractivity contribution in [2.24, 2.45) is 0 Å². The summed E-state index contributed by atoms with van der Waals surface area (Å²) in [4.78, 5) is 25.0. The van der Waals surface area contributed by atoms with Gasteiger partial charge in [0.05, 0.1) is 40.1 Å². The maximum atomic E-state index is 12.6. The zero-order valence-electron chi connectivity index (χ0n) is 36.2. The number of allylic oxidation sites excluding steroid dienone is 9. The van der Waals surface area contributed by atoms with E-state index in [0.717, 1.165) is 25.7 Å². The van der Waals surface area contributed by atoms with Gasteiger partial charge in [-0.15, -0.1) is 0 Å². The minimum absolute atomic E-state index is 0.00910. The minimum Gasteiger partial charge on any atom is -0.756 e. The van der Waals surface area contributed by atoms with Crippen molar-refractivity contribution in [2.75, 3.05) is 47.5 Å². The number of ether oxygens (including phenoxy) is 2. The van der Waals surface area contributed by atoms with Crippen LogP contribution in [-0.4, -0.2) is 75.3 Å². The van der Waals surface area contributed by atoms with Gasteiger partial charge in [0.15, 0.2) is 6.10 Å². The molecule has 0 aromatic carbocycles. The minimum atomic E-state index is -4.58.